The van der Waals surface area contributed by atoms with E-state index in [1.165, 1.54) is 0 Å². The summed E-state index contributed by atoms with van der Waals surface area (Å²) in [4.78, 5) is 20.4. The summed E-state index contributed by atoms with van der Waals surface area (Å²) in [5.74, 6) is 1.45. The second-order valence-electron chi connectivity index (χ2n) is 3.71. The molecule has 0 unspecified atom stereocenters. The van der Waals surface area contributed by atoms with Crippen LogP contribution >= 0.6 is 0 Å². The van der Waals surface area contributed by atoms with Crippen LogP contribution < -0.4 is 11.0 Å². The number of nitrogens with zero attached hydrogens (tertiary/aromatic N) is 4. The average Bonchev–Trinajstić information content (AvgIpc) is 2.46. The van der Waals surface area contributed by atoms with Gasteiger partial charge in [-0.1, -0.05) is 0 Å². The quantitative estimate of drug-likeness (QED) is 0.650. The van der Waals surface area contributed by atoms with Crippen LogP contribution in [-0.4, -0.2) is 25.6 Å². The Kier molecular flexibility index (Phi) is 1.46. The zero-order valence-electron chi connectivity index (χ0n) is 8.61. The number of hydrogen-bond donors (Lipinski definition) is 1. The smallest absolute Gasteiger partial charge is 0.330 e. The number of aromatic nitrogens is 4. The zero-order chi connectivity index (χ0) is 10.6. The minimum absolute atomic E-state index is 0.0207. The Morgan fingerprint density at radius 2 is 2.20 bits per heavy atom. The molecule has 1 aliphatic heterocycles. The molecule has 0 aromatic carbocycles. The van der Waals surface area contributed by atoms with E-state index in [2.05, 4.69) is 15.3 Å². The molecule has 15 heavy (non-hydrogen) atoms. The topological polar surface area (TPSA) is 64.7 Å². The van der Waals surface area contributed by atoms with Gasteiger partial charge in [-0.3, -0.25) is 9.13 Å². The minimum atomic E-state index is -0.0207. The highest BCUT2D eigenvalue weighted by atomic mass is 16.1. The van der Waals surface area contributed by atoms with E-state index >= 15 is 0 Å². The van der Waals surface area contributed by atoms with E-state index < -0.39 is 0 Å². The molecule has 3 rings (SSSR count). The molecule has 3 heterocycles. The molecule has 1 N–H and O–H groups in total. The second-order valence-corrected chi connectivity index (χ2v) is 3.71. The van der Waals surface area contributed by atoms with Crippen LogP contribution in [0.3, 0.4) is 0 Å². The van der Waals surface area contributed by atoms with Gasteiger partial charge in [-0.25, -0.2) is 14.8 Å². The molecule has 0 atom stereocenters. The van der Waals surface area contributed by atoms with E-state index in [4.69, 9.17) is 0 Å². The van der Waals surface area contributed by atoms with Crippen molar-refractivity contribution in [3.05, 3.63) is 16.3 Å². The molecule has 0 bridgehead atoms. The number of anilines is 1. The predicted molar refractivity (Wildman–Crippen MR) is 56.0 cm³/mol. The summed E-state index contributed by atoms with van der Waals surface area (Å²) in [5.41, 5.74) is 1.50. The molecule has 6 heteroatoms. The van der Waals surface area contributed by atoms with Crippen molar-refractivity contribution < 1.29 is 0 Å². The fraction of sp³-hybridized carbons (Fsp3) is 0.444. The SMILES string of the molecule is Cc1nc2c3c(n1)n(C)c(=O)n3CCN2. The van der Waals surface area contributed by atoms with Crippen LogP contribution in [0.15, 0.2) is 4.79 Å². The van der Waals surface area contributed by atoms with Gasteiger partial charge in [0.15, 0.2) is 11.5 Å². The van der Waals surface area contributed by atoms with Gasteiger partial charge in [0, 0.05) is 20.1 Å². The summed E-state index contributed by atoms with van der Waals surface area (Å²) in [7, 11) is 1.74. The summed E-state index contributed by atoms with van der Waals surface area (Å²) in [6.45, 7) is 3.24. The van der Waals surface area contributed by atoms with Crippen LogP contribution in [0.5, 0.6) is 0 Å². The van der Waals surface area contributed by atoms with Crippen LogP contribution in [0.1, 0.15) is 5.82 Å². The summed E-state index contributed by atoms with van der Waals surface area (Å²) in [6.07, 6.45) is 0. The summed E-state index contributed by atoms with van der Waals surface area (Å²) in [5, 5.41) is 3.18. The van der Waals surface area contributed by atoms with Crippen LogP contribution in [0.25, 0.3) is 11.2 Å². The zero-order valence-corrected chi connectivity index (χ0v) is 8.61. The number of aryl methyl sites for hydroxylation is 2. The van der Waals surface area contributed by atoms with Gasteiger partial charge in [0.25, 0.3) is 0 Å². The lowest BCUT2D eigenvalue weighted by atomic mass is 10.4. The maximum Gasteiger partial charge on any atom is 0.330 e. The van der Waals surface area contributed by atoms with E-state index in [1.807, 2.05) is 6.92 Å². The van der Waals surface area contributed by atoms with Crippen molar-refractivity contribution in [1.29, 1.82) is 0 Å². The first kappa shape index (κ1) is 8.46. The Bertz CT molecular complexity index is 609. The molecule has 0 aliphatic carbocycles. The third-order valence-corrected chi connectivity index (χ3v) is 2.71. The Labute approximate surface area is 85.6 Å². The lowest BCUT2D eigenvalue weighted by molar-refractivity contribution is 0.677. The number of imidazole rings is 1. The van der Waals surface area contributed by atoms with Crippen molar-refractivity contribution in [3.8, 4) is 0 Å². The Hall–Kier alpha value is -1.85. The van der Waals surface area contributed by atoms with Gasteiger partial charge in [0.2, 0.25) is 0 Å². The van der Waals surface area contributed by atoms with Gasteiger partial charge >= 0.3 is 5.69 Å². The van der Waals surface area contributed by atoms with Gasteiger partial charge in [0.1, 0.15) is 11.3 Å². The Morgan fingerprint density at radius 3 is 3.00 bits per heavy atom. The first-order chi connectivity index (χ1) is 7.18. The molecule has 6 nitrogen and oxygen atoms in total. The first-order valence-electron chi connectivity index (χ1n) is 4.86. The molecule has 0 fully saturated rings. The highest BCUT2D eigenvalue weighted by Crippen LogP contribution is 2.21. The summed E-state index contributed by atoms with van der Waals surface area (Å²) in [6, 6.07) is 0. The van der Waals surface area contributed by atoms with Crippen LogP contribution in [0.2, 0.25) is 0 Å². The van der Waals surface area contributed by atoms with Gasteiger partial charge in [-0.15, -0.1) is 0 Å². The fourth-order valence-corrected chi connectivity index (χ4v) is 2.02. The molecule has 0 saturated heterocycles. The van der Waals surface area contributed by atoms with E-state index in [1.54, 1.807) is 16.2 Å². The Balaban J connectivity index is 2.59. The van der Waals surface area contributed by atoms with Gasteiger partial charge in [-0.05, 0) is 6.92 Å². The molecule has 78 valence electrons. The normalized spacial score (nSPS) is 14.3. The maximum atomic E-state index is 11.8. The number of rotatable bonds is 0. The van der Waals surface area contributed by atoms with Crippen molar-refractivity contribution in [1.82, 2.24) is 19.1 Å². The van der Waals surface area contributed by atoms with Crippen molar-refractivity contribution in [3.63, 3.8) is 0 Å². The third-order valence-electron chi connectivity index (χ3n) is 2.71. The van der Waals surface area contributed by atoms with E-state index in [0.29, 0.717) is 18.0 Å². The maximum absolute atomic E-state index is 11.8. The van der Waals surface area contributed by atoms with Crippen molar-refractivity contribution in [2.24, 2.45) is 7.05 Å². The largest absolute Gasteiger partial charge is 0.366 e. The molecule has 0 saturated carbocycles. The number of nitrogens with one attached hydrogen (secondary N) is 1. The lowest BCUT2D eigenvalue weighted by Gasteiger charge is -2.14. The standard InChI is InChI=1S/C9H11N5O/c1-5-11-7-6-8(12-5)13(2)9(15)14(6)4-3-10-7/h3-4H2,1-2H3,(H,10,11,12). The monoisotopic (exact) mass is 205 g/mol. The van der Waals surface area contributed by atoms with Crippen molar-refractivity contribution >= 4 is 17.0 Å². The van der Waals surface area contributed by atoms with Gasteiger partial charge in [-0.2, -0.15) is 0 Å². The predicted octanol–water partition coefficient (Wildman–Crippen LogP) is -0.136. The minimum Gasteiger partial charge on any atom is -0.366 e. The summed E-state index contributed by atoms with van der Waals surface area (Å²) < 4.78 is 3.29. The van der Waals surface area contributed by atoms with Crippen molar-refractivity contribution in [2.45, 2.75) is 13.5 Å². The molecular formula is C9H11N5O. The van der Waals surface area contributed by atoms with Crippen LogP contribution in [0.4, 0.5) is 5.82 Å². The molecular weight excluding hydrogens is 194 g/mol. The fourth-order valence-electron chi connectivity index (χ4n) is 2.02. The van der Waals surface area contributed by atoms with Crippen molar-refractivity contribution in [2.75, 3.05) is 11.9 Å². The average molecular weight is 205 g/mol. The highest BCUT2D eigenvalue weighted by Gasteiger charge is 2.20. The van der Waals surface area contributed by atoms with E-state index in [0.717, 1.165) is 17.9 Å². The van der Waals surface area contributed by atoms with Gasteiger partial charge < -0.3 is 5.32 Å². The third kappa shape index (κ3) is 0.958. The molecule has 1 aliphatic rings. The number of hydrogen-bond acceptors (Lipinski definition) is 4. The molecule has 2 aromatic heterocycles. The van der Waals surface area contributed by atoms with Crippen LogP contribution in [0, 0.1) is 6.92 Å². The molecule has 2 aromatic rings. The highest BCUT2D eigenvalue weighted by molar-refractivity contribution is 5.84. The van der Waals surface area contributed by atoms with E-state index in [9.17, 15) is 4.79 Å². The van der Waals surface area contributed by atoms with Gasteiger partial charge in [0.05, 0.1) is 0 Å². The molecule has 0 amide bonds. The molecule has 0 spiro atoms. The molecule has 0 radical (unpaired) electrons. The Morgan fingerprint density at radius 1 is 1.40 bits per heavy atom. The van der Waals surface area contributed by atoms with E-state index in [-0.39, 0.29) is 5.69 Å². The summed E-state index contributed by atoms with van der Waals surface area (Å²) >= 11 is 0. The lowest BCUT2D eigenvalue weighted by Crippen LogP contribution is -2.27. The van der Waals surface area contributed by atoms with Crippen LogP contribution in [-0.2, 0) is 13.6 Å². The first-order valence-corrected chi connectivity index (χ1v) is 4.86. The second kappa shape index (κ2) is 2.59.